The summed E-state index contributed by atoms with van der Waals surface area (Å²) in [6.45, 7) is 8.95. The van der Waals surface area contributed by atoms with Crippen LogP contribution in [0.25, 0.3) is 0 Å². The van der Waals surface area contributed by atoms with Gasteiger partial charge < -0.3 is 15.5 Å². The van der Waals surface area contributed by atoms with Gasteiger partial charge in [-0.3, -0.25) is 9.59 Å². The number of hydrogen-bond acceptors (Lipinski definition) is 3. The summed E-state index contributed by atoms with van der Waals surface area (Å²) in [5, 5.41) is 0. The van der Waals surface area contributed by atoms with Gasteiger partial charge in [0.1, 0.15) is 0 Å². The lowest BCUT2D eigenvalue weighted by atomic mass is 9.69. The molecule has 0 bridgehead atoms. The fourth-order valence-electron chi connectivity index (χ4n) is 4.35. The second-order valence-corrected chi connectivity index (χ2v) is 8.55. The van der Waals surface area contributed by atoms with E-state index in [9.17, 15) is 9.59 Å². The molecule has 0 radical (unpaired) electrons. The average Bonchev–Trinajstić information content (AvgIpc) is 2.64. The number of nitrogens with zero attached hydrogens (tertiary/aromatic N) is 2. The van der Waals surface area contributed by atoms with Gasteiger partial charge in [-0.25, -0.2) is 0 Å². The topological polar surface area (TPSA) is 66.6 Å². The lowest BCUT2D eigenvalue weighted by Gasteiger charge is -2.38. The van der Waals surface area contributed by atoms with E-state index in [1.807, 2.05) is 38.2 Å². The van der Waals surface area contributed by atoms with E-state index in [0.717, 1.165) is 30.6 Å². The lowest BCUT2D eigenvalue weighted by molar-refractivity contribution is -0.126. The summed E-state index contributed by atoms with van der Waals surface area (Å²) in [7, 11) is 1.83. The van der Waals surface area contributed by atoms with Crippen molar-refractivity contribution in [3.63, 3.8) is 0 Å². The molecule has 2 rings (SSSR count). The van der Waals surface area contributed by atoms with E-state index in [0.29, 0.717) is 24.3 Å². The summed E-state index contributed by atoms with van der Waals surface area (Å²) >= 11 is 0. The number of carbonyl (C=O) groups is 2. The zero-order chi connectivity index (χ0) is 20.1. The molecular formula is C22H35N3O2. The summed E-state index contributed by atoms with van der Waals surface area (Å²) in [6, 6.07) is 7.42. The Balaban J connectivity index is 2.32. The highest BCUT2D eigenvalue weighted by Crippen LogP contribution is 2.40. The Morgan fingerprint density at radius 3 is 2.41 bits per heavy atom. The van der Waals surface area contributed by atoms with Gasteiger partial charge in [0, 0.05) is 25.6 Å². The second kappa shape index (κ2) is 9.36. The third-order valence-corrected chi connectivity index (χ3v) is 5.83. The van der Waals surface area contributed by atoms with E-state index < -0.39 is 0 Å². The number of rotatable bonds is 7. The Bertz CT molecular complexity index is 644. The molecule has 1 aromatic rings. The highest BCUT2D eigenvalue weighted by atomic mass is 16.2. The molecule has 2 amide bonds. The molecule has 0 aromatic heterocycles. The first-order valence-electron chi connectivity index (χ1n) is 10.1. The van der Waals surface area contributed by atoms with Crippen LogP contribution in [0.15, 0.2) is 24.3 Å². The van der Waals surface area contributed by atoms with Crippen molar-refractivity contribution < 1.29 is 9.59 Å². The van der Waals surface area contributed by atoms with Crippen molar-refractivity contribution in [2.45, 2.75) is 53.0 Å². The van der Waals surface area contributed by atoms with Crippen LogP contribution in [-0.2, 0) is 9.59 Å². The van der Waals surface area contributed by atoms with Gasteiger partial charge in [-0.05, 0) is 49.7 Å². The van der Waals surface area contributed by atoms with Gasteiger partial charge in [-0.15, -0.1) is 0 Å². The van der Waals surface area contributed by atoms with E-state index >= 15 is 0 Å². The minimum Gasteiger partial charge on any atom is -0.326 e. The van der Waals surface area contributed by atoms with Crippen LogP contribution in [0.4, 0.5) is 11.4 Å². The summed E-state index contributed by atoms with van der Waals surface area (Å²) in [6.07, 6.45) is 4.03. The van der Waals surface area contributed by atoms with Crippen LogP contribution < -0.4 is 15.5 Å². The second-order valence-electron chi connectivity index (χ2n) is 8.55. The Morgan fingerprint density at radius 2 is 1.85 bits per heavy atom. The Hall–Kier alpha value is -1.88. The standard InChI is InChI=1S/C22H35N3O2/c1-15(2)18-11-10-16(3)12-19(18)22(27)24(5)20-8-6-7-9-21(20)25(14-26)13-17(4)23/h6-9,14-19H,10-13,23H2,1-5H3/t16?,17?,18-,19?/m0/s1. The molecule has 5 heteroatoms. The van der Waals surface area contributed by atoms with Gasteiger partial charge in [0.15, 0.2) is 0 Å². The zero-order valence-electron chi connectivity index (χ0n) is 17.4. The van der Waals surface area contributed by atoms with E-state index in [1.54, 1.807) is 9.80 Å². The van der Waals surface area contributed by atoms with Crippen LogP contribution in [0.1, 0.15) is 47.0 Å². The number of carbonyl (C=O) groups excluding carboxylic acids is 2. The number of nitrogens with two attached hydrogens (primary N) is 1. The summed E-state index contributed by atoms with van der Waals surface area (Å²) in [5.74, 6) is 1.65. The lowest BCUT2D eigenvalue weighted by Crippen LogP contribution is -2.42. The highest BCUT2D eigenvalue weighted by molar-refractivity contribution is 5.99. The van der Waals surface area contributed by atoms with E-state index in [2.05, 4.69) is 20.8 Å². The van der Waals surface area contributed by atoms with Crippen molar-refractivity contribution in [1.82, 2.24) is 0 Å². The monoisotopic (exact) mass is 373 g/mol. The normalized spacial score (nSPS) is 23.7. The Morgan fingerprint density at radius 1 is 1.22 bits per heavy atom. The van der Waals surface area contributed by atoms with Crippen molar-refractivity contribution in [3.8, 4) is 0 Å². The first-order chi connectivity index (χ1) is 12.8. The van der Waals surface area contributed by atoms with Crippen molar-refractivity contribution in [3.05, 3.63) is 24.3 Å². The zero-order valence-corrected chi connectivity index (χ0v) is 17.4. The molecule has 3 unspecified atom stereocenters. The molecule has 1 fully saturated rings. The fourth-order valence-corrected chi connectivity index (χ4v) is 4.35. The molecule has 150 valence electrons. The molecule has 1 aromatic carbocycles. The van der Waals surface area contributed by atoms with Gasteiger partial charge in [-0.1, -0.05) is 39.3 Å². The minimum atomic E-state index is -0.145. The Labute approximate surface area is 163 Å². The summed E-state index contributed by atoms with van der Waals surface area (Å²) in [4.78, 5) is 28.4. The van der Waals surface area contributed by atoms with E-state index in [1.165, 1.54) is 6.42 Å². The minimum absolute atomic E-state index is 0.0323. The molecule has 1 aliphatic carbocycles. The maximum atomic E-state index is 13.4. The van der Waals surface area contributed by atoms with Crippen LogP contribution in [0.2, 0.25) is 0 Å². The fraction of sp³-hybridized carbons (Fsp3) is 0.636. The molecule has 1 saturated carbocycles. The number of amides is 2. The molecule has 5 nitrogen and oxygen atoms in total. The van der Waals surface area contributed by atoms with Gasteiger partial charge in [0.05, 0.1) is 11.4 Å². The van der Waals surface area contributed by atoms with Gasteiger partial charge in [-0.2, -0.15) is 0 Å². The van der Waals surface area contributed by atoms with Crippen LogP contribution in [0, 0.1) is 23.7 Å². The molecule has 2 N–H and O–H groups in total. The Kier molecular flexibility index (Phi) is 7.42. The molecule has 1 aliphatic rings. The predicted molar refractivity (Wildman–Crippen MR) is 112 cm³/mol. The van der Waals surface area contributed by atoms with Crippen molar-refractivity contribution >= 4 is 23.7 Å². The van der Waals surface area contributed by atoms with Crippen molar-refractivity contribution in [2.24, 2.45) is 29.4 Å². The third-order valence-electron chi connectivity index (χ3n) is 5.83. The molecular weight excluding hydrogens is 338 g/mol. The average molecular weight is 374 g/mol. The highest BCUT2D eigenvalue weighted by Gasteiger charge is 2.37. The SMILES string of the molecule is CC(N)CN(C=O)c1ccccc1N(C)C(=O)C1CC(C)CC[C@H]1C(C)C. The molecule has 0 aliphatic heterocycles. The summed E-state index contributed by atoms with van der Waals surface area (Å²) < 4.78 is 0. The number of anilines is 2. The maximum absolute atomic E-state index is 13.4. The van der Waals surface area contributed by atoms with Crippen LogP contribution in [0.5, 0.6) is 0 Å². The first kappa shape index (κ1) is 21.4. The summed E-state index contributed by atoms with van der Waals surface area (Å²) in [5.41, 5.74) is 7.38. The smallest absolute Gasteiger partial charge is 0.230 e. The molecule has 0 heterocycles. The van der Waals surface area contributed by atoms with Gasteiger partial charge in [0.25, 0.3) is 0 Å². The molecule has 0 saturated heterocycles. The predicted octanol–water partition coefficient (Wildman–Crippen LogP) is 3.67. The quantitative estimate of drug-likeness (QED) is 0.742. The first-order valence-corrected chi connectivity index (χ1v) is 10.1. The van der Waals surface area contributed by atoms with Gasteiger partial charge in [0.2, 0.25) is 12.3 Å². The van der Waals surface area contributed by atoms with E-state index in [-0.39, 0.29) is 17.9 Å². The van der Waals surface area contributed by atoms with Crippen molar-refractivity contribution in [2.75, 3.05) is 23.4 Å². The number of para-hydroxylation sites is 2. The maximum Gasteiger partial charge on any atom is 0.230 e. The van der Waals surface area contributed by atoms with E-state index in [4.69, 9.17) is 5.73 Å². The molecule has 4 atom stereocenters. The van der Waals surface area contributed by atoms with Crippen molar-refractivity contribution in [1.29, 1.82) is 0 Å². The largest absolute Gasteiger partial charge is 0.326 e. The molecule has 27 heavy (non-hydrogen) atoms. The molecule has 0 spiro atoms. The van der Waals surface area contributed by atoms with Gasteiger partial charge >= 0.3 is 0 Å². The number of hydrogen-bond donors (Lipinski definition) is 1. The van der Waals surface area contributed by atoms with Crippen LogP contribution >= 0.6 is 0 Å². The van der Waals surface area contributed by atoms with Crippen LogP contribution in [0.3, 0.4) is 0 Å². The number of benzene rings is 1. The third kappa shape index (κ3) is 5.10. The van der Waals surface area contributed by atoms with Crippen LogP contribution in [-0.4, -0.2) is 32.0 Å².